The van der Waals surface area contributed by atoms with Crippen LogP contribution < -0.4 is 37.9 Å². The summed E-state index contributed by atoms with van der Waals surface area (Å²) in [5, 5.41) is 0. The fourth-order valence-corrected chi connectivity index (χ4v) is 14.8. The number of esters is 6. The number of fused-ring (bicyclic) bond motifs is 2. The molecule has 2 aromatic heterocycles. The molecule has 2 fully saturated rings. The highest BCUT2D eigenvalue weighted by molar-refractivity contribution is 8.00. The molecule has 2 aliphatic rings. The zero-order chi connectivity index (χ0) is 71.4. The Balaban J connectivity index is 0.791. The van der Waals surface area contributed by atoms with Gasteiger partial charge in [0, 0.05) is 71.7 Å². The third-order valence-corrected chi connectivity index (χ3v) is 20.6. The van der Waals surface area contributed by atoms with Crippen LogP contribution in [0.2, 0.25) is 0 Å². The number of benzene rings is 6. The van der Waals surface area contributed by atoms with Crippen LogP contribution >= 0.6 is 46.6 Å². The van der Waals surface area contributed by atoms with Crippen molar-refractivity contribution in [2.24, 2.45) is 32.5 Å². The molecule has 8 aromatic rings. The van der Waals surface area contributed by atoms with Crippen LogP contribution in [0.5, 0.6) is 46.0 Å². The van der Waals surface area contributed by atoms with Gasteiger partial charge in [-0.1, -0.05) is 25.3 Å². The Morgan fingerprint density at radius 1 is 0.422 bits per heavy atom. The van der Waals surface area contributed by atoms with Gasteiger partial charge in [-0.2, -0.15) is 0 Å². The van der Waals surface area contributed by atoms with Gasteiger partial charge >= 0.3 is 35.8 Å². The van der Waals surface area contributed by atoms with E-state index in [1.54, 1.807) is 73.1 Å². The fourth-order valence-electron chi connectivity index (χ4n) is 11.5. The van der Waals surface area contributed by atoms with E-state index < -0.39 is 47.5 Å². The second-order valence-corrected chi connectivity index (χ2v) is 28.4. The molecule has 0 saturated heterocycles. The van der Waals surface area contributed by atoms with Crippen LogP contribution in [-0.2, 0) is 38.2 Å². The topological polar surface area (TPSA) is 245 Å². The number of carbonyl (C=O) groups is 6. The average Bonchev–Trinajstić information content (AvgIpc) is 1.60. The molecule has 0 aliphatic heterocycles. The molecular weight excluding hydrogens is 1380 g/mol. The third kappa shape index (κ3) is 22.8. The molecule has 0 unspecified atom stereocenters. The summed E-state index contributed by atoms with van der Waals surface area (Å²) in [6, 6.07) is 36.4. The minimum absolute atomic E-state index is 0.287. The Morgan fingerprint density at radius 3 is 1.13 bits per heavy atom. The van der Waals surface area contributed by atoms with Crippen molar-refractivity contribution >= 4 is 115 Å². The lowest BCUT2D eigenvalue weighted by Gasteiger charge is -2.26. The lowest BCUT2D eigenvalue weighted by Crippen LogP contribution is -2.30. The Bertz CT molecular complexity index is 3960. The Hall–Kier alpha value is -9.36. The van der Waals surface area contributed by atoms with Gasteiger partial charge in [0.05, 0.1) is 83.7 Å². The van der Waals surface area contributed by atoms with Crippen molar-refractivity contribution in [2.45, 2.75) is 125 Å². The molecule has 0 N–H and O–H groups in total. The van der Waals surface area contributed by atoms with Crippen molar-refractivity contribution in [1.82, 2.24) is 9.97 Å². The maximum absolute atomic E-state index is 14.2. The number of ether oxygens (including phenoxy) is 10. The Labute approximate surface area is 609 Å². The summed E-state index contributed by atoms with van der Waals surface area (Å²) in [5.74, 6) is -0.000338. The molecule has 6 aromatic carbocycles. The van der Waals surface area contributed by atoms with Gasteiger partial charge in [0.25, 0.3) is 0 Å². The number of thiazole rings is 2. The van der Waals surface area contributed by atoms with Gasteiger partial charge in [-0.3, -0.25) is 19.2 Å². The maximum atomic E-state index is 14.2. The SMILES string of the molecule is C=CC(=O)OCCCCCCOc1ccc(OC(=O)C2CCC(C(=O)Oc3ccc(-c4ccc(OC(=O)C5CCC(C(=O)Oc6ccc(OCCCCCCOC(=O)C=C)cc6)CC5)c(C=NSc5nc6cc(OCC)ccc6s5)c4)cc3C=NSc3nc4cc(OCC)ccc4s3)CC2)cc1. The van der Waals surface area contributed by atoms with E-state index in [1.165, 1.54) is 46.6 Å². The van der Waals surface area contributed by atoms with Gasteiger partial charge in [-0.25, -0.2) is 28.4 Å². The molecule has 102 heavy (non-hydrogen) atoms. The van der Waals surface area contributed by atoms with Gasteiger partial charge in [0.1, 0.15) is 46.0 Å². The second kappa shape index (κ2) is 39.2. The monoisotopic (exact) mass is 1460 g/mol. The smallest absolute Gasteiger partial charge is 0.330 e. The van der Waals surface area contributed by atoms with Crippen molar-refractivity contribution in [2.75, 3.05) is 39.6 Å². The van der Waals surface area contributed by atoms with Crippen LogP contribution in [0.25, 0.3) is 31.6 Å². The van der Waals surface area contributed by atoms with Crippen LogP contribution in [0.4, 0.5) is 0 Å². The number of unbranched alkanes of at least 4 members (excludes halogenated alkanes) is 6. The zero-order valence-electron chi connectivity index (χ0n) is 57.1. The minimum atomic E-state index is -0.473. The average molecular weight is 1460 g/mol. The first-order chi connectivity index (χ1) is 49.8. The molecule has 0 radical (unpaired) electrons. The number of hydrogen-bond acceptors (Lipinski definition) is 24. The molecular formula is C78H82N4O16S4. The van der Waals surface area contributed by atoms with Crippen LogP contribution in [0, 0.1) is 23.7 Å². The molecule has 24 heteroatoms. The van der Waals surface area contributed by atoms with Crippen molar-refractivity contribution in [3.8, 4) is 57.1 Å². The first-order valence-electron chi connectivity index (χ1n) is 34.5. The Morgan fingerprint density at radius 2 is 0.765 bits per heavy atom. The van der Waals surface area contributed by atoms with E-state index in [9.17, 15) is 28.8 Å². The third-order valence-electron chi connectivity index (χ3n) is 17.0. The molecule has 2 saturated carbocycles. The summed E-state index contributed by atoms with van der Waals surface area (Å²) < 4.78 is 70.2. The summed E-state index contributed by atoms with van der Waals surface area (Å²) in [7, 11) is 0. The van der Waals surface area contributed by atoms with E-state index in [0.29, 0.717) is 134 Å². The highest BCUT2D eigenvalue weighted by atomic mass is 32.2. The molecule has 0 atom stereocenters. The number of hydrogen-bond donors (Lipinski definition) is 0. The highest BCUT2D eigenvalue weighted by Gasteiger charge is 2.34. The normalized spacial score (nSPS) is 15.9. The molecule has 0 bridgehead atoms. The fraction of sp³-hybridized carbons (Fsp3) is 0.359. The van der Waals surface area contributed by atoms with Crippen molar-refractivity contribution < 1.29 is 76.1 Å². The van der Waals surface area contributed by atoms with E-state index in [1.807, 2.05) is 74.5 Å². The standard InChI is InChI=1S/C78H82N4O16S4/c1-5-71(83)93-43-15-11-9-13-41-91-59-27-31-61(32-28-59)95-73(85)51-17-21-53(22-18-51)75(87)97-67-37-25-55(45-57(67)49-79-101-77-81-65-47-63(89-7-3)35-39-69(65)99-77)56-26-38-68(58(46-56)50-80-102-78-82-66-48-64(90-8-4)36-40-70(66)100-78)98-76(88)54-23-19-52(20-24-54)74(86)96-62-33-29-60(30-34-62)92-42-14-10-12-16-44-94-72(84)6-2/h5-6,25-40,45-54H,1-2,7-24,41-44H2,3-4H3. The second-order valence-electron chi connectivity index (χ2n) is 24.2. The zero-order valence-corrected chi connectivity index (χ0v) is 60.4. The van der Waals surface area contributed by atoms with E-state index in [4.69, 9.17) is 66.1 Å². The summed E-state index contributed by atoms with van der Waals surface area (Å²) in [4.78, 5) is 87.3. The quantitative estimate of drug-likeness (QED) is 0.00877. The summed E-state index contributed by atoms with van der Waals surface area (Å²) >= 11 is 5.36. The summed E-state index contributed by atoms with van der Waals surface area (Å²) in [5.41, 5.74) is 4.06. The van der Waals surface area contributed by atoms with Crippen LogP contribution in [-0.4, -0.2) is 97.9 Å². The van der Waals surface area contributed by atoms with Gasteiger partial charge < -0.3 is 47.4 Å². The predicted octanol–water partition coefficient (Wildman–Crippen LogP) is 17.6. The van der Waals surface area contributed by atoms with Gasteiger partial charge in [0.15, 0.2) is 8.68 Å². The van der Waals surface area contributed by atoms with Gasteiger partial charge in [0.2, 0.25) is 0 Å². The van der Waals surface area contributed by atoms with E-state index >= 15 is 0 Å². The number of aromatic nitrogens is 2. The van der Waals surface area contributed by atoms with Crippen LogP contribution in [0.1, 0.15) is 128 Å². The van der Waals surface area contributed by atoms with E-state index in [-0.39, 0.29) is 23.4 Å². The van der Waals surface area contributed by atoms with Crippen molar-refractivity contribution in [3.63, 3.8) is 0 Å². The van der Waals surface area contributed by atoms with Crippen molar-refractivity contribution in [1.29, 1.82) is 0 Å². The van der Waals surface area contributed by atoms with Crippen LogP contribution in [0.15, 0.2) is 164 Å². The lowest BCUT2D eigenvalue weighted by atomic mass is 9.82. The molecule has 10 rings (SSSR count). The number of nitrogens with zero attached hydrogens (tertiary/aromatic N) is 4. The molecule has 2 aliphatic carbocycles. The number of rotatable bonds is 37. The largest absolute Gasteiger partial charge is 0.494 e. The first-order valence-corrected chi connectivity index (χ1v) is 37.6. The van der Waals surface area contributed by atoms with Gasteiger partial charge in [-0.15, -0.1) is 22.7 Å². The maximum Gasteiger partial charge on any atom is 0.330 e. The molecule has 2 heterocycles. The minimum Gasteiger partial charge on any atom is -0.494 e. The van der Waals surface area contributed by atoms with E-state index in [2.05, 4.69) is 13.2 Å². The molecule has 534 valence electrons. The highest BCUT2D eigenvalue weighted by Crippen LogP contribution is 2.39. The van der Waals surface area contributed by atoms with Crippen molar-refractivity contribution in [3.05, 3.63) is 158 Å². The summed E-state index contributed by atoms with van der Waals surface area (Å²) in [6.07, 6.45) is 15.9. The lowest BCUT2D eigenvalue weighted by molar-refractivity contribution is -0.145. The van der Waals surface area contributed by atoms with E-state index in [0.717, 1.165) is 107 Å². The van der Waals surface area contributed by atoms with Gasteiger partial charge in [-0.05, 0) is 225 Å². The number of carbonyl (C=O) groups excluding carboxylic acids is 6. The Kier molecular flexibility index (Phi) is 28.9. The molecule has 0 spiro atoms. The first kappa shape index (κ1) is 75.3. The molecule has 0 amide bonds. The molecule has 20 nitrogen and oxygen atoms in total. The predicted molar refractivity (Wildman–Crippen MR) is 397 cm³/mol. The summed E-state index contributed by atoms with van der Waals surface area (Å²) in [6.45, 7) is 13.5. The van der Waals surface area contributed by atoms with Crippen LogP contribution in [0.3, 0.4) is 0 Å².